The highest BCUT2D eigenvalue weighted by atomic mass is 35.5. The smallest absolute Gasteiger partial charge is 0.261 e. The van der Waals surface area contributed by atoms with Gasteiger partial charge < -0.3 is 10.3 Å². The molecule has 0 spiro atoms. The molecule has 1 saturated carbocycles. The Morgan fingerprint density at radius 1 is 1.11 bits per heavy atom. The zero-order valence-electron chi connectivity index (χ0n) is 15.0. The van der Waals surface area contributed by atoms with E-state index in [1.165, 1.54) is 0 Å². The van der Waals surface area contributed by atoms with Crippen LogP contribution in [0.2, 0.25) is 0 Å². The van der Waals surface area contributed by atoms with Crippen molar-refractivity contribution in [2.75, 3.05) is 0 Å². The van der Waals surface area contributed by atoms with Crippen molar-refractivity contribution < 1.29 is 4.52 Å². The third-order valence-corrected chi connectivity index (χ3v) is 5.68. The zero-order chi connectivity index (χ0) is 17.7. The van der Waals surface area contributed by atoms with Gasteiger partial charge in [0.25, 0.3) is 11.4 Å². The van der Waals surface area contributed by atoms with Gasteiger partial charge in [-0.15, -0.1) is 12.4 Å². The Morgan fingerprint density at radius 2 is 1.96 bits per heavy atom. The minimum Gasteiger partial charge on any atom is -0.334 e. The third kappa shape index (κ3) is 2.95. The predicted octanol–water partition coefficient (Wildman–Crippen LogP) is 2.93. The summed E-state index contributed by atoms with van der Waals surface area (Å²) in [5.41, 5.74) is 7.32. The minimum absolute atomic E-state index is 0. The maximum atomic E-state index is 12.8. The van der Waals surface area contributed by atoms with E-state index in [2.05, 4.69) is 10.1 Å². The number of hydrogen-bond acceptors (Lipinski definition) is 6. The van der Waals surface area contributed by atoms with E-state index in [4.69, 9.17) is 15.2 Å². The van der Waals surface area contributed by atoms with Crippen LogP contribution in [0.4, 0.5) is 0 Å². The van der Waals surface area contributed by atoms with E-state index in [-0.39, 0.29) is 18.0 Å². The second-order valence-corrected chi connectivity index (χ2v) is 7.46. The summed E-state index contributed by atoms with van der Waals surface area (Å²) < 4.78 is 7.26. The highest BCUT2D eigenvalue weighted by molar-refractivity contribution is 5.85. The average molecular weight is 388 g/mol. The number of halogens is 1. The maximum Gasteiger partial charge on any atom is 0.261 e. The molecule has 142 valence electrons. The molecule has 1 aliphatic carbocycles. The van der Waals surface area contributed by atoms with Crippen molar-refractivity contribution >= 4 is 23.3 Å². The van der Waals surface area contributed by atoms with Crippen molar-refractivity contribution in [3.63, 3.8) is 0 Å². The lowest BCUT2D eigenvalue weighted by molar-refractivity contribution is 0.229. The van der Waals surface area contributed by atoms with Gasteiger partial charge in [-0.05, 0) is 50.3 Å². The Kier molecular flexibility index (Phi) is 4.52. The zero-order valence-corrected chi connectivity index (χ0v) is 15.8. The Balaban J connectivity index is 0.00000180. The Morgan fingerprint density at radius 3 is 2.74 bits per heavy atom. The standard InChI is InChI=1S/C19H21N5O2.ClH/c20-19(8-4-9-19)18-22-16(26-23-18)12-6-7-13-14(11-12)21-15-5-2-1-3-10-24(15)17(13)25;/h6-7,11H,1-5,8-10,20H2;1H. The van der Waals surface area contributed by atoms with Crippen LogP contribution in [0.15, 0.2) is 27.5 Å². The van der Waals surface area contributed by atoms with E-state index < -0.39 is 5.54 Å². The molecule has 1 aromatic carbocycles. The fraction of sp³-hybridized carbons (Fsp3) is 0.474. The lowest BCUT2D eigenvalue weighted by Gasteiger charge is -2.34. The quantitative estimate of drug-likeness (QED) is 0.725. The molecule has 0 bridgehead atoms. The summed E-state index contributed by atoms with van der Waals surface area (Å²) in [7, 11) is 0. The fourth-order valence-electron chi connectivity index (χ4n) is 3.88. The molecule has 0 saturated heterocycles. The maximum absolute atomic E-state index is 12.8. The topological polar surface area (TPSA) is 99.8 Å². The van der Waals surface area contributed by atoms with Crippen molar-refractivity contribution in [3.05, 3.63) is 40.2 Å². The fourth-order valence-corrected chi connectivity index (χ4v) is 3.88. The van der Waals surface area contributed by atoms with Gasteiger partial charge in [0, 0.05) is 18.5 Å². The number of aromatic nitrogens is 4. The second kappa shape index (κ2) is 6.73. The first-order valence-electron chi connectivity index (χ1n) is 9.31. The van der Waals surface area contributed by atoms with Crippen LogP contribution in [0, 0.1) is 0 Å². The number of rotatable bonds is 2. The van der Waals surface area contributed by atoms with Crippen LogP contribution in [0.5, 0.6) is 0 Å². The van der Waals surface area contributed by atoms with Gasteiger partial charge in [-0.3, -0.25) is 9.36 Å². The molecule has 1 aliphatic heterocycles. The van der Waals surface area contributed by atoms with E-state index in [1.54, 1.807) is 0 Å². The molecule has 1 fully saturated rings. The Bertz CT molecular complexity index is 1050. The molecule has 0 radical (unpaired) electrons. The molecule has 0 unspecified atom stereocenters. The summed E-state index contributed by atoms with van der Waals surface area (Å²) >= 11 is 0. The summed E-state index contributed by atoms with van der Waals surface area (Å²) in [5.74, 6) is 1.86. The molecular formula is C19H22ClN5O2. The summed E-state index contributed by atoms with van der Waals surface area (Å²) in [5, 5.41) is 4.70. The first-order valence-corrected chi connectivity index (χ1v) is 9.31. The number of benzene rings is 1. The van der Waals surface area contributed by atoms with Crippen LogP contribution in [0.3, 0.4) is 0 Å². The van der Waals surface area contributed by atoms with E-state index in [0.29, 0.717) is 22.6 Å². The van der Waals surface area contributed by atoms with Gasteiger partial charge in [-0.25, -0.2) is 4.98 Å². The van der Waals surface area contributed by atoms with Crippen molar-refractivity contribution in [1.82, 2.24) is 19.7 Å². The molecule has 3 heterocycles. The number of nitrogens with zero attached hydrogens (tertiary/aromatic N) is 4. The molecular weight excluding hydrogens is 366 g/mol. The number of fused-ring (bicyclic) bond motifs is 2. The van der Waals surface area contributed by atoms with Gasteiger partial charge in [0.05, 0.1) is 16.4 Å². The van der Waals surface area contributed by atoms with E-state index >= 15 is 0 Å². The monoisotopic (exact) mass is 387 g/mol. The van der Waals surface area contributed by atoms with Crippen LogP contribution >= 0.6 is 12.4 Å². The van der Waals surface area contributed by atoms with Gasteiger partial charge in [0.1, 0.15) is 5.82 Å². The van der Waals surface area contributed by atoms with Crippen LogP contribution in [-0.4, -0.2) is 19.7 Å². The van der Waals surface area contributed by atoms with E-state index in [9.17, 15) is 4.79 Å². The normalized spacial score (nSPS) is 18.3. The lowest BCUT2D eigenvalue weighted by atomic mass is 9.77. The van der Waals surface area contributed by atoms with Crippen molar-refractivity contribution in [2.24, 2.45) is 5.73 Å². The summed E-state index contributed by atoms with van der Waals surface area (Å²) in [6, 6.07) is 5.52. The molecule has 0 atom stereocenters. The first-order chi connectivity index (χ1) is 12.6. The largest absolute Gasteiger partial charge is 0.334 e. The number of hydrogen-bond donors (Lipinski definition) is 1. The lowest BCUT2D eigenvalue weighted by Crippen LogP contribution is -2.44. The van der Waals surface area contributed by atoms with Gasteiger partial charge in [0.15, 0.2) is 5.82 Å². The van der Waals surface area contributed by atoms with E-state index in [0.717, 1.165) is 62.9 Å². The molecule has 2 N–H and O–H groups in total. The molecule has 5 rings (SSSR count). The van der Waals surface area contributed by atoms with Gasteiger partial charge in [0.2, 0.25) is 0 Å². The second-order valence-electron chi connectivity index (χ2n) is 7.46. The molecule has 3 aromatic rings. The summed E-state index contributed by atoms with van der Waals surface area (Å²) in [6.07, 6.45) is 6.94. The summed E-state index contributed by atoms with van der Waals surface area (Å²) in [4.78, 5) is 22.1. The Hall–Kier alpha value is -2.25. The molecule has 0 amide bonds. The average Bonchev–Trinajstić information content (AvgIpc) is 3.00. The van der Waals surface area contributed by atoms with Gasteiger partial charge in [-0.1, -0.05) is 11.6 Å². The highest BCUT2D eigenvalue weighted by Crippen LogP contribution is 2.37. The van der Waals surface area contributed by atoms with Gasteiger partial charge in [-0.2, -0.15) is 4.98 Å². The number of nitrogens with two attached hydrogens (primary N) is 1. The SMILES string of the molecule is Cl.NC1(c2noc(-c3ccc4c(=O)n5c(nc4c3)CCCCC5)n2)CCC1. The van der Waals surface area contributed by atoms with Crippen LogP contribution in [0.1, 0.15) is 50.2 Å². The Labute approximate surface area is 162 Å². The minimum atomic E-state index is -0.451. The summed E-state index contributed by atoms with van der Waals surface area (Å²) in [6.45, 7) is 0.754. The molecule has 7 nitrogen and oxygen atoms in total. The molecule has 8 heteroatoms. The predicted molar refractivity (Wildman–Crippen MR) is 104 cm³/mol. The van der Waals surface area contributed by atoms with Gasteiger partial charge >= 0.3 is 0 Å². The molecule has 2 aliphatic rings. The number of aryl methyl sites for hydroxylation is 1. The van der Waals surface area contributed by atoms with Crippen molar-refractivity contribution in [2.45, 2.75) is 57.0 Å². The van der Waals surface area contributed by atoms with Crippen LogP contribution in [0.25, 0.3) is 22.4 Å². The van der Waals surface area contributed by atoms with Crippen LogP contribution in [-0.2, 0) is 18.5 Å². The molecule has 2 aromatic heterocycles. The highest BCUT2D eigenvalue weighted by Gasteiger charge is 2.39. The third-order valence-electron chi connectivity index (χ3n) is 5.68. The van der Waals surface area contributed by atoms with Crippen molar-refractivity contribution in [1.29, 1.82) is 0 Å². The van der Waals surface area contributed by atoms with E-state index in [1.807, 2.05) is 22.8 Å². The van der Waals surface area contributed by atoms with Crippen LogP contribution < -0.4 is 11.3 Å². The first kappa shape index (κ1) is 18.1. The van der Waals surface area contributed by atoms with Crippen molar-refractivity contribution in [3.8, 4) is 11.5 Å². The molecule has 27 heavy (non-hydrogen) atoms.